The van der Waals surface area contributed by atoms with Crippen LogP contribution in [0.3, 0.4) is 0 Å². The van der Waals surface area contributed by atoms with Crippen LogP contribution in [0.25, 0.3) is 0 Å². The number of hydrogen-bond donors (Lipinski definition) is 2. The minimum atomic E-state index is 0. The molecule has 1 aromatic carbocycles. The Hall–Kier alpha value is -1.94. The number of benzene rings is 1. The fourth-order valence-electron chi connectivity index (χ4n) is 2.50. The van der Waals surface area contributed by atoms with E-state index in [4.69, 9.17) is 25.8 Å². The lowest BCUT2D eigenvalue weighted by Crippen LogP contribution is -2.39. The highest BCUT2D eigenvalue weighted by molar-refractivity contribution is 14.0. The number of aromatic nitrogens is 1. The summed E-state index contributed by atoms with van der Waals surface area (Å²) in [6.07, 6.45) is 2.58. The lowest BCUT2D eigenvalue weighted by Gasteiger charge is -2.12. The van der Waals surface area contributed by atoms with Gasteiger partial charge in [0.15, 0.2) is 17.5 Å². The van der Waals surface area contributed by atoms with Gasteiger partial charge in [-0.1, -0.05) is 17.7 Å². The van der Waals surface area contributed by atoms with Crippen LogP contribution in [0.2, 0.25) is 5.15 Å². The van der Waals surface area contributed by atoms with Crippen molar-refractivity contribution in [2.75, 3.05) is 33.0 Å². The molecule has 0 unspecified atom stereocenters. The van der Waals surface area contributed by atoms with Gasteiger partial charge in [0.2, 0.25) is 6.79 Å². The number of pyridine rings is 1. The monoisotopic (exact) mass is 518 g/mol. The Labute approximate surface area is 186 Å². The van der Waals surface area contributed by atoms with Crippen LogP contribution in [-0.2, 0) is 6.42 Å². The van der Waals surface area contributed by atoms with Crippen molar-refractivity contribution in [3.63, 3.8) is 0 Å². The number of fused-ring (bicyclic) bond motifs is 1. The maximum absolute atomic E-state index is 5.80. The van der Waals surface area contributed by atoms with Gasteiger partial charge in [-0.25, -0.2) is 4.98 Å². The largest absolute Gasteiger partial charge is 0.492 e. The summed E-state index contributed by atoms with van der Waals surface area (Å²) >= 11 is 5.80. The average Bonchev–Trinajstić information content (AvgIpc) is 3.14. The number of nitrogens with zero attached hydrogens (tertiary/aromatic N) is 2. The van der Waals surface area contributed by atoms with Gasteiger partial charge < -0.3 is 24.8 Å². The van der Waals surface area contributed by atoms with Crippen molar-refractivity contribution in [1.29, 1.82) is 0 Å². The average molecular weight is 519 g/mol. The minimum Gasteiger partial charge on any atom is -0.492 e. The summed E-state index contributed by atoms with van der Waals surface area (Å²) in [5, 5.41) is 6.98. The molecule has 0 saturated heterocycles. The highest BCUT2D eigenvalue weighted by Gasteiger charge is 2.13. The van der Waals surface area contributed by atoms with Crippen molar-refractivity contribution in [3.8, 4) is 17.2 Å². The van der Waals surface area contributed by atoms with E-state index >= 15 is 0 Å². The number of halogens is 2. The molecular formula is C19H24ClIN4O3. The van der Waals surface area contributed by atoms with Gasteiger partial charge in [-0.15, -0.1) is 24.0 Å². The van der Waals surface area contributed by atoms with E-state index < -0.39 is 0 Å². The SMILES string of the molecule is CCNC(=NCCc1ccc(Cl)nc1)NCCOc1ccc2c(c1)OCO2.I. The first-order valence-corrected chi connectivity index (χ1v) is 9.27. The van der Waals surface area contributed by atoms with Crippen molar-refractivity contribution in [2.45, 2.75) is 13.3 Å². The molecular weight excluding hydrogens is 495 g/mol. The van der Waals surface area contributed by atoms with Gasteiger partial charge in [0.25, 0.3) is 0 Å². The molecule has 7 nitrogen and oxygen atoms in total. The Morgan fingerprint density at radius 3 is 2.86 bits per heavy atom. The second-order valence-corrected chi connectivity index (χ2v) is 6.18. The standard InChI is InChI=1S/C19H23ClN4O3.HI/c1-2-21-19(22-8-7-14-3-6-18(20)24-12-14)23-9-10-25-15-4-5-16-17(11-15)27-13-26-16;/h3-6,11-12H,2,7-10,13H2,1H3,(H2,21,22,23);1H. The van der Waals surface area contributed by atoms with E-state index in [0.29, 0.717) is 30.6 Å². The highest BCUT2D eigenvalue weighted by atomic mass is 127. The van der Waals surface area contributed by atoms with Crippen molar-refractivity contribution >= 4 is 41.5 Å². The van der Waals surface area contributed by atoms with Gasteiger partial charge in [-0.2, -0.15) is 0 Å². The molecule has 2 N–H and O–H groups in total. The summed E-state index contributed by atoms with van der Waals surface area (Å²) in [6, 6.07) is 9.30. The lowest BCUT2D eigenvalue weighted by atomic mass is 10.2. The molecule has 0 aliphatic carbocycles. The van der Waals surface area contributed by atoms with Gasteiger partial charge >= 0.3 is 0 Å². The third kappa shape index (κ3) is 6.90. The van der Waals surface area contributed by atoms with E-state index in [0.717, 1.165) is 36.0 Å². The van der Waals surface area contributed by atoms with Crippen molar-refractivity contribution < 1.29 is 14.2 Å². The Balaban J connectivity index is 0.00000280. The first kappa shape index (κ1) is 22.4. The summed E-state index contributed by atoms with van der Waals surface area (Å²) in [6.45, 7) is 4.87. The van der Waals surface area contributed by atoms with Crippen LogP contribution in [0.4, 0.5) is 0 Å². The summed E-state index contributed by atoms with van der Waals surface area (Å²) in [5.74, 6) is 2.97. The fraction of sp³-hybridized carbons (Fsp3) is 0.368. The molecule has 28 heavy (non-hydrogen) atoms. The molecule has 1 aliphatic heterocycles. The molecule has 0 fully saturated rings. The normalized spacial score (nSPS) is 12.3. The molecule has 1 aromatic heterocycles. The molecule has 0 radical (unpaired) electrons. The molecule has 152 valence electrons. The van der Waals surface area contributed by atoms with Crippen LogP contribution in [0, 0.1) is 0 Å². The van der Waals surface area contributed by atoms with Gasteiger partial charge in [0, 0.05) is 25.4 Å². The van der Waals surface area contributed by atoms with Gasteiger partial charge in [0.05, 0.1) is 6.54 Å². The highest BCUT2D eigenvalue weighted by Crippen LogP contribution is 2.34. The predicted molar refractivity (Wildman–Crippen MR) is 120 cm³/mol. The fourth-order valence-corrected chi connectivity index (χ4v) is 2.61. The number of hydrogen-bond acceptors (Lipinski definition) is 5. The van der Waals surface area contributed by atoms with Crippen LogP contribution >= 0.6 is 35.6 Å². The van der Waals surface area contributed by atoms with E-state index in [1.54, 1.807) is 12.3 Å². The van der Waals surface area contributed by atoms with E-state index in [1.165, 1.54) is 0 Å². The number of nitrogens with one attached hydrogen (secondary N) is 2. The Kier molecular flexibility index (Phi) is 9.42. The first-order valence-electron chi connectivity index (χ1n) is 8.89. The van der Waals surface area contributed by atoms with Crippen molar-refractivity contribution in [3.05, 3.63) is 47.2 Å². The zero-order valence-electron chi connectivity index (χ0n) is 15.6. The second kappa shape index (κ2) is 11.8. The van der Waals surface area contributed by atoms with Crippen molar-refractivity contribution in [2.24, 2.45) is 4.99 Å². The third-order valence-electron chi connectivity index (χ3n) is 3.81. The molecule has 0 saturated carbocycles. The van der Waals surface area contributed by atoms with Crippen LogP contribution < -0.4 is 24.8 Å². The molecule has 3 rings (SSSR count). The van der Waals surface area contributed by atoms with Crippen LogP contribution in [0.15, 0.2) is 41.5 Å². The van der Waals surface area contributed by atoms with E-state index in [-0.39, 0.29) is 30.8 Å². The molecule has 0 bridgehead atoms. The summed E-state index contributed by atoms with van der Waals surface area (Å²) in [7, 11) is 0. The zero-order valence-corrected chi connectivity index (χ0v) is 18.7. The van der Waals surface area contributed by atoms with E-state index in [1.807, 2.05) is 31.2 Å². The summed E-state index contributed by atoms with van der Waals surface area (Å²) in [4.78, 5) is 8.64. The Morgan fingerprint density at radius 2 is 2.07 bits per heavy atom. The molecule has 0 spiro atoms. The molecule has 9 heteroatoms. The van der Waals surface area contributed by atoms with Crippen LogP contribution in [-0.4, -0.2) is 44.0 Å². The Morgan fingerprint density at radius 1 is 1.21 bits per heavy atom. The summed E-state index contributed by atoms with van der Waals surface area (Å²) < 4.78 is 16.4. The quantitative estimate of drug-likeness (QED) is 0.184. The van der Waals surface area contributed by atoms with Gasteiger partial charge in [0.1, 0.15) is 17.5 Å². The summed E-state index contributed by atoms with van der Waals surface area (Å²) in [5.41, 5.74) is 1.10. The minimum absolute atomic E-state index is 0. The maximum Gasteiger partial charge on any atom is 0.231 e. The molecule has 0 amide bonds. The van der Waals surface area contributed by atoms with Crippen LogP contribution in [0.1, 0.15) is 12.5 Å². The lowest BCUT2D eigenvalue weighted by molar-refractivity contribution is 0.173. The third-order valence-corrected chi connectivity index (χ3v) is 4.03. The topological polar surface area (TPSA) is 77.0 Å². The van der Waals surface area contributed by atoms with Crippen LogP contribution in [0.5, 0.6) is 17.2 Å². The maximum atomic E-state index is 5.80. The number of rotatable bonds is 8. The first-order chi connectivity index (χ1) is 13.2. The zero-order chi connectivity index (χ0) is 18.9. The Bertz CT molecular complexity index is 774. The van der Waals surface area contributed by atoms with Gasteiger partial charge in [-0.05, 0) is 37.1 Å². The van der Waals surface area contributed by atoms with E-state index in [9.17, 15) is 0 Å². The number of aliphatic imine (C=N–C) groups is 1. The second-order valence-electron chi connectivity index (χ2n) is 5.79. The molecule has 1 aliphatic rings. The van der Waals surface area contributed by atoms with Gasteiger partial charge in [-0.3, -0.25) is 4.99 Å². The molecule has 0 atom stereocenters. The van der Waals surface area contributed by atoms with Crippen molar-refractivity contribution in [1.82, 2.24) is 15.6 Å². The molecule has 2 aromatic rings. The predicted octanol–water partition coefficient (Wildman–Crippen LogP) is 3.26. The number of guanidine groups is 1. The number of ether oxygens (including phenoxy) is 3. The smallest absolute Gasteiger partial charge is 0.231 e. The van der Waals surface area contributed by atoms with E-state index in [2.05, 4.69) is 20.6 Å². The molecule has 2 heterocycles.